The van der Waals surface area contributed by atoms with Crippen LogP contribution < -0.4 is 14.9 Å². The maximum Gasteiger partial charge on any atom is 0.270 e. The Kier molecular flexibility index (Phi) is 6.01. The Morgan fingerprint density at radius 1 is 1.20 bits per heavy atom. The third-order valence-corrected chi connectivity index (χ3v) is 5.83. The Bertz CT molecular complexity index is 1130. The largest absolute Gasteiger partial charge is 0.377 e. The molecule has 2 N–H and O–H groups in total. The van der Waals surface area contributed by atoms with Crippen LogP contribution in [-0.4, -0.2) is 45.7 Å². The van der Waals surface area contributed by atoms with Crippen LogP contribution in [0.15, 0.2) is 52.4 Å². The molecule has 10 nitrogen and oxygen atoms in total. The number of aliphatic imine (C=N–C) groups is 1. The van der Waals surface area contributed by atoms with E-state index in [9.17, 15) is 23.3 Å². The molecule has 0 unspecified atom stereocenters. The van der Waals surface area contributed by atoms with Crippen LogP contribution in [0.4, 0.5) is 17.1 Å². The zero-order chi connectivity index (χ0) is 21.9. The van der Waals surface area contributed by atoms with Crippen LogP contribution in [0.3, 0.4) is 0 Å². The fraction of sp³-hybridized carbons (Fsp3) is 0.263. The first-order chi connectivity index (χ1) is 14.2. The third-order valence-electron chi connectivity index (χ3n) is 4.45. The molecule has 0 radical (unpaired) electrons. The van der Waals surface area contributed by atoms with Gasteiger partial charge in [0.05, 0.1) is 15.4 Å². The van der Waals surface area contributed by atoms with Gasteiger partial charge in [0, 0.05) is 50.6 Å². The number of anilines is 2. The average molecular weight is 431 g/mol. The predicted octanol–water partition coefficient (Wildman–Crippen LogP) is 2.38. The van der Waals surface area contributed by atoms with Gasteiger partial charge in [0.1, 0.15) is 5.84 Å². The third kappa shape index (κ3) is 4.74. The van der Waals surface area contributed by atoms with Crippen molar-refractivity contribution >= 4 is 38.8 Å². The Balaban J connectivity index is 1.87. The SMILES string of the molecule is CN(C)c1ccc([N+](=O)[O-])cc1C(=O)Nc1cccc(S(=O)(=O)NC2=NCCC2)c1. The lowest BCUT2D eigenvalue weighted by Gasteiger charge is -2.17. The summed E-state index contributed by atoms with van der Waals surface area (Å²) in [6.45, 7) is 0.589. The van der Waals surface area contributed by atoms with Crippen molar-refractivity contribution in [2.45, 2.75) is 17.7 Å². The number of nitrogens with zero attached hydrogens (tertiary/aromatic N) is 3. The topological polar surface area (TPSA) is 134 Å². The predicted molar refractivity (Wildman–Crippen MR) is 114 cm³/mol. The van der Waals surface area contributed by atoms with Gasteiger partial charge in [0.15, 0.2) is 0 Å². The lowest BCUT2D eigenvalue weighted by atomic mass is 10.1. The number of nitro groups is 1. The molecule has 0 spiro atoms. The molecule has 0 saturated carbocycles. The van der Waals surface area contributed by atoms with Crippen LogP contribution in [0, 0.1) is 10.1 Å². The van der Waals surface area contributed by atoms with Crippen molar-refractivity contribution in [1.29, 1.82) is 0 Å². The molecular formula is C19H21N5O5S. The molecule has 1 heterocycles. The quantitative estimate of drug-likeness (QED) is 0.533. The number of nitrogens with one attached hydrogen (secondary N) is 2. The molecule has 158 valence electrons. The summed E-state index contributed by atoms with van der Waals surface area (Å²) >= 11 is 0. The number of nitro benzene ring substituents is 1. The van der Waals surface area contributed by atoms with Crippen LogP contribution in [0.2, 0.25) is 0 Å². The Hall–Kier alpha value is -3.47. The minimum absolute atomic E-state index is 0.0261. The van der Waals surface area contributed by atoms with Gasteiger partial charge in [-0.2, -0.15) is 0 Å². The van der Waals surface area contributed by atoms with Crippen LogP contribution in [0.25, 0.3) is 0 Å². The number of amides is 1. The van der Waals surface area contributed by atoms with Gasteiger partial charge in [-0.3, -0.25) is 24.6 Å². The van der Waals surface area contributed by atoms with Crippen LogP contribution in [-0.2, 0) is 10.0 Å². The summed E-state index contributed by atoms with van der Waals surface area (Å²) in [6, 6.07) is 9.76. The maximum absolute atomic E-state index is 12.8. The smallest absolute Gasteiger partial charge is 0.270 e. The van der Waals surface area contributed by atoms with E-state index in [2.05, 4.69) is 15.0 Å². The highest BCUT2D eigenvalue weighted by Gasteiger charge is 2.21. The Morgan fingerprint density at radius 3 is 2.60 bits per heavy atom. The molecule has 2 aromatic rings. The summed E-state index contributed by atoms with van der Waals surface area (Å²) in [7, 11) is -0.414. The molecular weight excluding hydrogens is 410 g/mol. The standard InChI is InChI=1S/C19H21N5O5S/c1-23(2)17-9-8-14(24(26)27)12-16(17)19(25)21-13-5-3-6-15(11-13)30(28,29)22-18-7-4-10-20-18/h3,5-6,8-9,11-12H,4,7,10H2,1-2H3,(H,20,22)(H,21,25). The molecule has 0 atom stereocenters. The normalized spacial score (nSPS) is 13.5. The van der Waals surface area contributed by atoms with E-state index in [4.69, 9.17) is 0 Å². The fourth-order valence-electron chi connectivity index (χ4n) is 2.99. The van der Waals surface area contributed by atoms with E-state index in [1.54, 1.807) is 19.0 Å². The first-order valence-corrected chi connectivity index (χ1v) is 10.6. The highest BCUT2D eigenvalue weighted by Crippen LogP contribution is 2.26. The van der Waals surface area contributed by atoms with Gasteiger partial charge < -0.3 is 10.2 Å². The maximum atomic E-state index is 12.8. The number of amidine groups is 1. The van der Waals surface area contributed by atoms with E-state index < -0.39 is 20.9 Å². The van der Waals surface area contributed by atoms with Gasteiger partial charge >= 0.3 is 0 Å². The number of rotatable bonds is 6. The highest BCUT2D eigenvalue weighted by atomic mass is 32.2. The highest BCUT2D eigenvalue weighted by molar-refractivity contribution is 7.90. The average Bonchev–Trinajstić information content (AvgIpc) is 3.19. The molecule has 2 aromatic carbocycles. The second-order valence-electron chi connectivity index (χ2n) is 6.87. The number of non-ortho nitro benzene ring substituents is 1. The number of sulfonamides is 1. The van der Waals surface area contributed by atoms with Gasteiger partial charge in [0.2, 0.25) is 0 Å². The number of hydrogen-bond acceptors (Lipinski definition) is 7. The van der Waals surface area contributed by atoms with Gasteiger partial charge in [-0.05, 0) is 30.7 Å². The van der Waals surface area contributed by atoms with Gasteiger partial charge in [0.25, 0.3) is 21.6 Å². The number of hydrogen-bond donors (Lipinski definition) is 2. The van der Waals surface area contributed by atoms with Crippen LogP contribution >= 0.6 is 0 Å². The van der Waals surface area contributed by atoms with Crippen molar-refractivity contribution in [2.24, 2.45) is 4.99 Å². The van der Waals surface area contributed by atoms with E-state index in [1.165, 1.54) is 42.5 Å². The summed E-state index contributed by atoms with van der Waals surface area (Å²) in [6.07, 6.45) is 1.36. The molecule has 0 bridgehead atoms. The van der Waals surface area contributed by atoms with E-state index in [0.717, 1.165) is 6.42 Å². The van der Waals surface area contributed by atoms with Crippen molar-refractivity contribution in [3.8, 4) is 0 Å². The van der Waals surface area contributed by atoms with Gasteiger partial charge in [-0.15, -0.1) is 0 Å². The number of carbonyl (C=O) groups is 1. The second-order valence-corrected chi connectivity index (χ2v) is 8.55. The monoisotopic (exact) mass is 431 g/mol. The fourth-order valence-corrected chi connectivity index (χ4v) is 4.12. The Labute approximate surface area is 173 Å². The summed E-state index contributed by atoms with van der Waals surface area (Å²) in [5.41, 5.74) is 0.611. The van der Waals surface area contributed by atoms with Crippen LogP contribution in [0.1, 0.15) is 23.2 Å². The molecule has 0 fully saturated rings. The Morgan fingerprint density at radius 2 is 1.97 bits per heavy atom. The van der Waals surface area contributed by atoms with Crippen molar-refractivity contribution in [3.05, 3.63) is 58.1 Å². The molecule has 1 aliphatic heterocycles. The van der Waals surface area contributed by atoms with E-state index in [1.807, 2.05) is 0 Å². The summed E-state index contributed by atoms with van der Waals surface area (Å²) in [4.78, 5) is 29.1. The molecule has 0 aromatic heterocycles. The molecule has 1 aliphatic rings. The van der Waals surface area contributed by atoms with E-state index >= 15 is 0 Å². The molecule has 0 aliphatic carbocycles. The number of benzene rings is 2. The van der Waals surface area contributed by atoms with E-state index in [-0.39, 0.29) is 21.8 Å². The molecule has 3 rings (SSSR count). The summed E-state index contributed by atoms with van der Waals surface area (Å²) in [5, 5.41) is 13.7. The van der Waals surface area contributed by atoms with Crippen molar-refractivity contribution in [1.82, 2.24) is 4.72 Å². The lowest BCUT2D eigenvalue weighted by molar-refractivity contribution is -0.384. The molecule has 1 amide bonds. The van der Waals surface area contributed by atoms with Crippen molar-refractivity contribution in [2.75, 3.05) is 30.9 Å². The minimum Gasteiger partial charge on any atom is -0.377 e. The lowest BCUT2D eigenvalue weighted by Crippen LogP contribution is -2.29. The van der Waals surface area contributed by atoms with Gasteiger partial charge in [-0.25, -0.2) is 8.42 Å². The molecule has 0 saturated heterocycles. The first-order valence-electron chi connectivity index (χ1n) is 9.11. The summed E-state index contributed by atoms with van der Waals surface area (Å²) < 4.78 is 27.6. The zero-order valence-electron chi connectivity index (χ0n) is 16.5. The van der Waals surface area contributed by atoms with Crippen molar-refractivity contribution in [3.63, 3.8) is 0 Å². The minimum atomic E-state index is -3.84. The zero-order valence-corrected chi connectivity index (χ0v) is 17.3. The van der Waals surface area contributed by atoms with Crippen LogP contribution in [0.5, 0.6) is 0 Å². The molecule has 30 heavy (non-hydrogen) atoms. The number of carbonyl (C=O) groups excluding carboxylic acids is 1. The summed E-state index contributed by atoms with van der Waals surface area (Å²) in [5.74, 6) is -0.179. The second kappa shape index (κ2) is 8.49. The molecule has 11 heteroatoms. The van der Waals surface area contributed by atoms with E-state index in [0.29, 0.717) is 24.5 Å². The van der Waals surface area contributed by atoms with Crippen molar-refractivity contribution < 1.29 is 18.1 Å². The first kappa shape index (κ1) is 21.2. The van der Waals surface area contributed by atoms with Gasteiger partial charge in [-0.1, -0.05) is 6.07 Å².